The van der Waals surface area contributed by atoms with Crippen molar-refractivity contribution in [1.82, 2.24) is 15.3 Å². The predicted molar refractivity (Wildman–Crippen MR) is 121 cm³/mol. The van der Waals surface area contributed by atoms with Gasteiger partial charge in [-0.3, -0.25) is 4.79 Å². The van der Waals surface area contributed by atoms with Crippen LogP contribution >= 0.6 is 0 Å². The topological polar surface area (TPSA) is 117 Å². The number of hydrogen-bond donors (Lipinski definition) is 3. The first kappa shape index (κ1) is 23.3. The molecule has 2 aromatic carbocycles. The van der Waals surface area contributed by atoms with Gasteiger partial charge in [0.05, 0.1) is 12.2 Å². The van der Waals surface area contributed by atoms with Gasteiger partial charge in [-0.25, -0.2) is 18.7 Å². The molecule has 0 bridgehead atoms. The maximum atomic E-state index is 13.5. The van der Waals surface area contributed by atoms with E-state index in [0.717, 1.165) is 23.3 Å². The van der Waals surface area contributed by atoms with Gasteiger partial charge in [-0.2, -0.15) is 5.26 Å². The quantitative estimate of drug-likeness (QED) is 0.502. The maximum Gasteiger partial charge on any atom is 0.274 e. The monoisotopic (exact) mass is 448 g/mol. The van der Waals surface area contributed by atoms with Crippen LogP contribution in [0, 0.1) is 23.0 Å². The number of aromatic nitrogens is 2. The second-order valence-corrected chi connectivity index (χ2v) is 7.23. The summed E-state index contributed by atoms with van der Waals surface area (Å²) in [6.45, 7) is 3.82. The van der Waals surface area contributed by atoms with Gasteiger partial charge < -0.3 is 16.4 Å². The molecular weight excluding hydrogens is 426 g/mol. The van der Waals surface area contributed by atoms with E-state index in [1.165, 1.54) is 12.3 Å². The minimum atomic E-state index is -1.01. The van der Waals surface area contributed by atoms with E-state index < -0.39 is 23.6 Å². The molecule has 1 aromatic heterocycles. The van der Waals surface area contributed by atoms with Gasteiger partial charge in [0.2, 0.25) is 0 Å². The summed E-state index contributed by atoms with van der Waals surface area (Å²) < 4.78 is 26.7. The van der Waals surface area contributed by atoms with Crippen LogP contribution in [0.3, 0.4) is 0 Å². The number of nitrogens with zero attached hydrogens (tertiary/aromatic N) is 3. The van der Waals surface area contributed by atoms with Crippen molar-refractivity contribution < 1.29 is 13.6 Å². The molecule has 0 radical (unpaired) electrons. The highest BCUT2D eigenvalue weighted by Crippen LogP contribution is 2.19. The molecule has 9 heteroatoms. The first-order valence-electron chi connectivity index (χ1n) is 10.1. The Labute approximate surface area is 190 Å². The molecule has 0 aliphatic rings. The van der Waals surface area contributed by atoms with E-state index in [1.54, 1.807) is 6.92 Å². The number of halogens is 2. The molecule has 7 nitrogen and oxygen atoms in total. The number of carbonyl (C=O) groups is 1. The third-order valence-electron chi connectivity index (χ3n) is 4.95. The maximum absolute atomic E-state index is 13.5. The van der Waals surface area contributed by atoms with Gasteiger partial charge in [-0.05, 0) is 42.7 Å². The van der Waals surface area contributed by atoms with Gasteiger partial charge in [0.15, 0.2) is 28.8 Å². The normalized spacial score (nSPS) is 12.0. The Hall–Kier alpha value is -4.32. The van der Waals surface area contributed by atoms with Crippen LogP contribution in [0.5, 0.6) is 0 Å². The molecule has 0 spiro atoms. The summed E-state index contributed by atoms with van der Waals surface area (Å²) in [4.78, 5) is 21.1. The van der Waals surface area contributed by atoms with E-state index in [4.69, 9.17) is 11.0 Å². The van der Waals surface area contributed by atoms with Crippen LogP contribution in [-0.4, -0.2) is 15.9 Å². The molecular formula is C24H22F2N6O. The Bertz CT molecular complexity index is 1230. The number of allylic oxidation sites excluding steroid dienone is 1. The average Bonchev–Trinajstić information content (AvgIpc) is 2.84. The molecule has 3 rings (SSSR count). The number of hydrogen-bond acceptors (Lipinski definition) is 6. The largest absolute Gasteiger partial charge is 0.399 e. The van der Waals surface area contributed by atoms with E-state index in [9.17, 15) is 13.6 Å². The van der Waals surface area contributed by atoms with Gasteiger partial charge in [0.1, 0.15) is 6.07 Å². The fourth-order valence-corrected chi connectivity index (χ4v) is 3.03. The van der Waals surface area contributed by atoms with E-state index >= 15 is 0 Å². The number of nitrogens with one attached hydrogen (secondary N) is 2. The van der Waals surface area contributed by atoms with Crippen LogP contribution in [0.25, 0.3) is 5.70 Å². The first-order valence-corrected chi connectivity index (χ1v) is 10.1. The molecule has 0 unspecified atom stereocenters. The summed E-state index contributed by atoms with van der Waals surface area (Å²) in [5.74, 6) is -2.42. The lowest BCUT2D eigenvalue weighted by atomic mass is 10.1. The summed E-state index contributed by atoms with van der Waals surface area (Å²) in [5.41, 5.74) is 8.64. The van der Waals surface area contributed by atoms with Gasteiger partial charge in [-0.1, -0.05) is 36.4 Å². The van der Waals surface area contributed by atoms with Crippen molar-refractivity contribution in [2.45, 2.75) is 26.4 Å². The SMILES string of the molecule is C/C=C(\N)c1ccc(CNc2ncc(C#N)nc2C(=O)N[C@@H](C)c2ccc(F)c(F)c2)cc1. The highest BCUT2D eigenvalue weighted by atomic mass is 19.2. The molecule has 1 atom stereocenters. The van der Waals surface area contributed by atoms with Gasteiger partial charge in [0.25, 0.3) is 5.91 Å². The molecule has 168 valence electrons. The van der Waals surface area contributed by atoms with Crippen LogP contribution in [-0.2, 0) is 6.54 Å². The number of nitriles is 1. The Morgan fingerprint density at radius 3 is 2.58 bits per heavy atom. The van der Waals surface area contributed by atoms with E-state index in [-0.39, 0.29) is 17.2 Å². The minimum absolute atomic E-state index is 0.0302. The van der Waals surface area contributed by atoms with Crippen molar-refractivity contribution >= 4 is 17.4 Å². The van der Waals surface area contributed by atoms with Crippen molar-refractivity contribution in [2.24, 2.45) is 5.73 Å². The van der Waals surface area contributed by atoms with E-state index in [0.29, 0.717) is 17.8 Å². The molecule has 0 fully saturated rings. The molecule has 1 heterocycles. The summed E-state index contributed by atoms with van der Waals surface area (Å²) in [7, 11) is 0. The molecule has 4 N–H and O–H groups in total. The highest BCUT2D eigenvalue weighted by molar-refractivity contribution is 5.97. The number of carbonyl (C=O) groups excluding carboxylic acids is 1. The third kappa shape index (κ3) is 5.68. The number of nitrogens with two attached hydrogens (primary N) is 1. The fraction of sp³-hybridized carbons (Fsp3) is 0.167. The minimum Gasteiger partial charge on any atom is -0.399 e. The van der Waals surface area contributed by atoms with Crippen molar-refractivity contribution in [1.29, 1.82) is 5.26 Å². The van der Waals surface area contributed by atoms with Gasteiger partial charge >= 0.3 is 0 Å². The Morgan fingerprint density at radius 1 is 1.21 bits per heavy atom. The average molecular weight is 448 g/mol. The number of rotatable bonds is 7. The zero-order valence-electron chi connectivity index (χ0n) is 18.1. The summed E-state index contributed by atoms with van der Waals surface area (Å²) in [6.07, 6.45) is 3.07. The second-order valence-electron chi connectivity index (χ2n) is 7.23. The van der Waals surface area contributed by atoms with Crippen molar-refractivity contribution in [2.75, 3.05) is 5.32 Å². The predicted octanol–water partition coefficient (Wildman–Crippen LogP) is 4.05. The van der Waals surface area contributed by atoms with Crippen LogP contribution in [0.2, 0.25) is 0 Å². The lowest BCUT2D eigenvalue weighted by molar-refractivity contribution is 0.0935. The molecule has 0 aliphatic heterocycles. The summed E-state index contributed by atoms with van der Waals surface area (Å²) in [6, 6.07) is 12.1. The Kier molecular flexibility index (Phi) is 7.31. The lowest BCUT2D eigenvalue weighted by Crippen LogP contribution is -2.29. The summed E-state index contributed by atoms with van der Waals surface area (Å²) in [5, 5.41) is 14.9. The molecule has 0 aliphatic carbocycles. The molecule has 0 saturated heterocycles. The van der Waals surface area contributed by atoms with Crippen LogP contribution in [0.4, 0.5) is 14.6 Å². The molecule has 3 aromatic rings. The third-order valence-corrected chi connectivity index (χ3v) is 4.95. The zero-order chi connectivity index (χ0) is 24.0. The van der Waals surface area contributed by atoms with Crippen LogP contribution in [0.1, 0.15) is 52.8 Å². The van der Waals surface area contributed by atoms with Gasteiger partial charge in [-0.15, -0.1) is 0 Å². The fourth-order valence-electron chi connectivity index (χ4n) is 3.03. The molecule has 33 heavy (non-hydrogen) atoms. The van der Waals surface area contributed by atoms with E-state index in [1.807, 2.05) is 43.3 Å². The van der Waals surface area contributed by atoms with Crippen LogP contribution < -0.4 is 16.4 Å². The zero-order valence-corrected chi connectivity index (χ0v) is 18.1. The van der Waals surface area contributed by atoms with Crippen molar-refractivity contribution in [3.8, 4) is 6.07 Å². The number of benzene rings is 2. The number of amides is 1. The second kappa shape index (κ2) is 10.3. The number of anilines is 1. The Balaban J connectivity index is 1.78. The summed E-state index contributed by atoms with van der Waals surface area (Å²) >= 11 is 0. The standard InChI is InChI=1S/C24H22F2N6O/c1-3-21(28)16-6-4-15(5-7-16)12-29-23-22(32-18(11-27)13-30-23)24(33)31-14(2)17-8-9-19(25)20(26)10-17/h3-10,13-14H,12,28H2,1-2H3,(H,29,30)(H,31,33)/b21-3-/t14-/m0/s1. The molecule has 0 saturated carbocycles. The lowest BCUT2D eigenvalue weighted by Gasteiger charge is -2.16. The highest BCUT2D eigenvalue weighted by Gasteiger charge is 2.19. The molecule has 1 amide bonds. The van der Waals surface area contributed by atoms with Gasteiger partial charge in [0, 0.05) is 12.2 Å². The van der Waals surface area contributed by atoms with E-state index in [2.05, 4.69) is 20.6 Å². The first-order chi connectivity index (χ1) is 15.8. The van der Waals surface area contributed by atoms with Crippen molar-refractivity contribution in [3.05, 3.63) is 94.5 Å². The smallest absolute Gasteiger partial charge is 0.274 e. The van der Waals surface area contributed by atoms with Crippen LogP contribution in [0.15, 0.2) is 54.7 Å². The Morgan fingerprint density at radius 2 is 1.94 bits per heavy atom. The van der Waals surface area contributed by atoms with Crippen molar-refractivity contribution in [3.63, 3.8) is 0 Å².